The second-order valence-electron chi connectivity index (χ2n) is 9.25. The molecule has 1 aliphatic rings. The summed E-state index contributed by atoms with van der Waals surface area (Å²) < 4.78 is -0.674. The van der Waals surface area contributed by atoms with E-state index in [1.54, 1.807) is 32.3 Å². The van der Waals surface area contributed by atoms with Crippen LogP contribution in [0.4, 0.5) is 11.5 Å². The standard InChI is InChI=1S/C25H33N7O2S/c1-7-8-22(27-17(2)30-32(34,35)20-13-14-20)25(3,4)24(33)28-19-11-9-18(10-12-19)21-15-26-16-23(29-21)31(5)6/h7-12,15-16,20,30,34-35H,2,13-14H2,1,3-6H3/p+1/b8-7-,27-22+. The molecule has 0 aliphatic heterocycles. The summed E-state index contributed by atoms with van der Waals surface area (Å²) in [5.41, 5.74) is 4.59. The third-order valence-corrected chi connectivity index (χ3v) is 6.08. The first-order valence-electron chi connectivity index (χ1n) is 11.4. The van der Waals surface area contributed by atoms with Gasteiger partial charge >= 0.3 is 0 Å². The van der Waals surface area contributed by atoms with Crippen molar-refractivity contribution in [3.05, 3.63) is 61.2 Å². The van der Waals surface area contributed by atoms with Gasteiger partial charge in [0.1, 0.15) is 18.6 Å². The van der Waals surface area contributed by atoms with Crippen molar-refractivity contribution in [2.24, 2.45) is 10.4 Å². The number of benzene rings is 1. The number of amides is 1. The van der Waals surface area contributed by atoms with Crippen molar-refractivity contribution in [1.82, 2.24) is 15.4 Å². The van der Waals surface area contributed by atoms with Crippen molar-refractivity contribution in [3.8, 4) is 11.3 Å². The Morgan fingerprint density at radius 3 is 2.51 bits per heavy atom. The molecule has 2 aromatic rings. The van der Waals surface area contributed by atoms with Gasteiger partial charge in [0.25, 0.3) is 0 Å². The van der Waals surface area contributed by atoms with Gasteiger partial charge in [-0.1, -0.05) is 24.8 Å². The van der Waals surface area contributed by atoms with E-state index in [4.69, 9.17) is 0 Å². The van der Waals surface area contributed by atoms with E-state index in [9.17, 15) is 10.0 Å². The van der Waals surface area contributed by atoms with E-state index in [1.807, 2.05) is 56.3 Å². The fourth-order valence-corrected chi connectivity index (χ4v) is 3.61. The predicted molar refractivity (Wildman–Crippen MR) is 143 cm³/mol. The van der Waals surface area contributed by atoms with Gasteiger partial charge in [-0.05, 0) is 43.1 Å². The van der Waals surface area contributed by atoms with Crippen molar-refractivity contribution in [2.45, 2.75) is 39.7 Å². The van der Waals surface area contributed by atoms with Crippen LogP contribution in [-0.4, -0.2) is 51.1 Å². The Kier molecular flexibility index (Phi) is 7.99. The molecule has 0 saturated heterocycles. The number of nitrogens with one attached hydrogen (secondary N) is 2. The zero-order valence-corrected chi connectivity index (χ0v) is 21.8. The Hall–Kier alpha value is -3.21. The summed E-state index contributed by atoms with van der Waals surface area (Å²) in [5.74, 6) is 0.747. The summed E-state index contributed by atoms with van der Waals surface area (Å²) in [6, 6.07) is 7.43. The molecule has 10 heteroatoms. The molecule has 1 heterocycles. The van der Waals surface area contributed by atoms with Crippen molar-refractivity contribution in [1.29, 1.82) is 0 Å². The first-order chi connectivity index (χ1) is 16.4. The van der Waals surface area contributed by atoms with Gasteiger partial charge < -0.3 is 10.2 Å². The molecule has 0 spiro atoms. The number of hydrogen-bond acceptors (Lipinski definition) is 8. The molecule has 1 aliphatic carbocycles. The first-order valence-corrected chi connectivity index (χ1v) is 11.8. The number of aromatic nitrogens is 2. The Morgan fingerprint density at radius 1 is 1.29 bits per heavy atom. The minimum atomic E-state index is -0.984. The fourth-order valence-electron chi connectivity index (χ4n) is 3.27. The van der Waals surface area contributed by atoms with Crippen LogP contribution in [0.25, 0.3) is 11.3 Å². The van der Waals surface area contributed by atoms with E-state index in [0.717, 1.165) is 29.9 Å². The molecule has 1 aromatic heterocycles. The molecule has 1 unspecified atom stereocenters. The lowest BCUT2D eigenvalue weighted by Crippen LogP contribution is -2.48. The van der Waals surface area contributed by atoms with Crippen LogP contribution in [0, 0.1) is 5.41 Å². The fraction of sp³-hybridized carbons (Fsp3) is 0.360. The maximum Gasteiger partial charge on any atom is 0.236 e. The second kappa shape index (κ2) is 10.6. The number of rotatable bonds is 10. The van der Waals surface area contributed by atoms with E-state index in [1.165, 1.54) is 0 Å². The van der Waals surface area contributed by atoms with Crippen molar-refractivity contribution in [3.63, 3.8) is 0 Å². The van der Waals surface area contributed by atoms with Crippen LogP contribution in [-0.2, 0) is 4.79 Å². The number of hydroxylamine groups is 1. The summed E-state index contributed by atoms with van der Waals surface area (Å²) in [6.45, 7) is 9.30. The molecule has 0 bridgehead atoms. The van der Waals surface area contributed by atoms with Gasteiger partial charge in [0.05, 0.1) is 29.2 Å². The molecule has 1 aromatic carbocycles. The van der Waals surface area contributed by atoms with Crippen LogP contribution < -0.4 is 15.6 Å². The van der Waals surface area contributed by atoms with Crippen molar-refractivity contribution < 1.29 is 14.2 Å². The lowest BCUT2D eigenvalue weighted by molar-refractivity contribution is -1.03. The molecule has 1 saturated carbocycles. The van der Waals surface area contributed by atoms with Gasteiger partial charge in [0, 0.05) is 38.2 Å². The average Bonchev–Trinajstić information content (AvgIpc) is 3.65. The van der Waals surface area contributed by atoms with Crippen LogP contribution in [0.2, 0.25) is 0 Å². The van der Waals surface area contributed by atoms with Crippen LogP contribution in [0.1, 0.15) is 33.6 Å². The van der Waals surface area contributed by atoms with Gasteiger partial charge in [0.15, 0.2) is 11.9 Å². The number of anilines is 2. The normalized spacial score (nSPS) is 16.0. The topological polar surface area (TPSA) is 103 Å². The summed E-state index contributed by atoms with van der Waals surface area (Å²) in [4.78, 5) is 28.5. The molecule has 186 valence electrons. The molecule has 9 nitrogen and oxygen atoms in total. The summed E-state index contributed by atoms with van der Waals surface area (Å²) >= 11 is 4.23. The van der Waals surface area contributed by atoms with Crippen LogP contribution in [0.5, 0.6) is 0 Å². The highest BCUT2D eigenvalue weighted by atomic mass is 32.1. The van der Waals surface area contributed by atoms with Crippen LogP contribution in [0.15, 0.2) is 66.2 Å². The van der Waals surface area contributed by atoms with Crippen LogP contribution in [0.3, 0.4) is 0 Å². The molecule has 1 atom stereocenters. The molecule has 1 fully saturated rings. The first kappa shape index (κ1) is 26.4. The number of carbonyl (C=O) groups excluding carboxylic acids is 1. The van der Waals surface area contributed by atoms with Gasteiger partial charge in [-0.2, -0.15) is 10.6 Å². The Bertz CT molecular complexity index is 1140. The smallest absolute Gasteiger partial charge is 0.236 e. The minimum Gasteiger partial charge on any atom is -0.361 e. The van der Waals surface area contributed by atoms with E-state index in [0.29, 0.717) is 11.4 Å². The van der Waals surface area contributed by atoms with Crippen LogP contribution >= 0.6 is 12.8 Å². The third kappa shape index (κ3) is 6.68. The number of carbonyl (C=O) groups is 1. The minimum absolute atomic E-state index is 0.00827. The van der Waals surface area contributed by atoms with Gasteiger partial charge in [-0.15, -0.1) is 0 Å². The number of hydrogen-bond donors (Lipinski definition) is 4. The molecular weight excluding hydrogens is 462 g/mol. The van der Waals surface area contributed by atoms with E-state index < -0.39 is 9.58 Å². The third-order valence-electron chi connectivity index (χ3n) is 5.66. The second-order valence-corrected chi connectivity index (χ2v) is 9.86. The van der Waals surface area contributed by atoms with E-state index in [2.05, 4.69) is 45.1 Å². The maximum atomic E-state index is 13.2. The lowest BCUT2D eigenvalue weighted by Gasteiger charge is -2.26. The quantitative estimate of drug-likeness (QED) is 0.169. The summed E-state index contributed by atoms with van der Waals surface area (Å²) in [6.07, 6.45) is 8.71. The Labute approximate surface area is 212 Å². The monoisotopic (exact) mass is 496 g/mol. The highest BCUT2D eigenvalue weighted by Gasteiger charge is 2.44. The highest BCUT2D eigenvalue weighted by molar-refractivity contribution is 7.74. The van der Waals surface area contributed by atoms with Crippen molar-refractivity contribution >= 4 is 35.9 Å². The zero-order chi connectivity index (χ0) is 25.8. The number of aliphatic imine (C=N–C) groups is 1. The Balaban J connectivity index is 1.74. The Morgan fingerprint density at radius 2 is 1.94 bits per heavy atom. The molecule has 0 radical (unpaired) electrons. The summed E-state index contributed by atoms with van der Waals surface area (Å²) in [5, 5.41) is 13.3. The average molecular weight is 497 g/mol. The number of thiol groups is 1. The van der Waals surface area contributed by atoms with Gasteiger partial charge in [-0.25, -0.2) is 9.98 Å². The van der Waals surface area contributed by atoms with Gasteiger partial charge in [0.2, 0.25) is 5.91 Å². The molecule has 1 amide bonds. The predicted octanol–water partition coefficient (Wildman–Crippen LogP) is 4.38. The molecule has 3 rings (SSSR count). The number of quaternary nitrogens is 1. The highest BCUT2D eigenvalue weighted by Crippen LogP contribution is 2.32. The van der Waals surface area contributed by atoms with Crippen molar-refractivity contribution in [2.75, 3.05) is 24.3 Å². The molecule has 3 N–H and O–H groups in total. The number of allylic oxidation sites excluding steroid dienone is 2. The zero-order valence-electron chi connectivity index (χ0n) is 20.9. The van der Waals surface area contributed by atoms with E-state index >= 15 is 0 Å². The van der Waals surface area contributed by atoms with E-state index in [-0.39, 0.29) is 17.8 Å². The molecular formula is C25H34N7O2S+. The maximum absolute atomic E-state index is 13.2. The van der Waals surface area contributed by atoms with Gasteiger partial charge in [-0.3, -0.25) is 9.78 Å². The number of nitrogens with zero attached hydrogens (tertiary/aromatic N) is 5. The lowest BCUT2D eigenvalue weighted by atomic mass is 9.85. The summed E-state index contributed by atoms with van der Waals surface area (Å²) in [7, 11) is 3.82. The molecule has 35 heavy (non-hydrogen) atoms. The SMILES string of the molecule is C=C(/N=C(\C=C/C)C(C)(C)C(=O)Nc1ccc(-c2cncc(N(C)C)n2)cc1)N[N+](O)(S)C1CC1. The largest absolute Gasteiger partial charge is 0.361 e.